The monoisotopic (exact) mass is 422 g/mol. The number of nitrogens with one attached hydrogen (secondary N) is 2. The number of aliphatic imine (C=N–C) groups is 1. The van der Waals surface area contributed by atoms with Gasteiger partial charge in [0.25, 0.3) is 0 Å². The van der Waals surface area contributed by atoms with Gasteiger partial charge in [-0.05, 0) is 30.0 Å². The molecule has 6 heteroatoms. The lowest BCUT2D eigenvalue weighted by Gasteiger charge is -2.12. The van der Waals surface area contributed by atoms with E-state index in [4.69, 9.17) is 9.73 Å². The largest absolute Gasteiger partial charge is 0.372 e. The van der Waals surface area contributed by atoms with E-state index in [2.05, 4.69) is 53.7 Å². The Morgan fingerprint density at radius 2 is 1.73 bits per heavy atom. The van der Waals surface area contributed by atoms with Crippen molar-refractivity contribution in [3.05, 3.63) is 87.4 Å². The summed E-state index contributed by atoms with van der Waals surface area (Å²) in [6.45, 7) is 7.49. The third-order valence-electron chi connectivity index (χ3n) is 4.60. The first-order valence-electron chi connectivity index (χ1n) is 10.4. The van der Waals surface area contributed by atoms with Gasteiger partial charge < -0.3 is 15.4 Å². The summed E-state index contributed by atoms with van der Waals surface area (Å²) >= 11 is 1.74. The van der Waals surface area contributed by atoms with E-state index < -0.39 is 0 Å². The highest BCUT2D eigenvalue weighted by atomic mass is 32.1. The lowest BCUT2D eigenvalue weighted by molar-refractivity contribution is 0.106. The van der Waals surface area contributed by atoms with Crippen LogP contribution in [0.5, 0.6) is 0 Å². The maximum Gasteiger partial charge on any atom is 0.191 e. The van der Waals surface area contributed by atoms with E-state index in [0.29, 0.717) is 26.3 Å². The molecule has 0 radical (unpaired) electrons. The molecule has 0 amide bonds. The molecule has 30 heavy (non-hydrogen) atoms. The second-order valence-corrected chi connectivity index (χ2v) is 8.07. The standard InChI is InChI=1S/C24H30N4OS/c1-3-22-15-26-23(30-22)16-28-24(25-4-2)27-14-20-12-8-9-13-21(20)18-29-17-19-10-6-5-7-11-19/h5-13,15H,3-4,14,16-18H2,1-2H3,(H2,25,27,28). The van der Waals surface area contributed by atoms with Gasteiger partial charge in [0.05, 0.1) is 26.3 Å². The molecule has 0 saturated carbocycles. The Kier molecular flexibility index (Phi) is 8.87. The van der Waals surface area contributed by atoms with Gasteiger partial charge in [0.15, 0.2) is 5.96 Å². The summed E-state index contributed by atoms with van der Waals surface area (Å²) in [6, 6.07) is 18.6. The van der Waals surface area contributed by atoms with Crippen molar-refractivity contribution < 1.29 is 4.74 Å². The molecule has 5 nitrogen and oxygen atoms in total. The number of rotatable bonds is 10. The average molecular weight is 423 g/mol. The van der Waals surface area contributed by atoms with Gasteiger partial charge in [-0.15, -0.1) is 11.3 Å². The van der Waals surface area contributed by atoms with E-state index in [-0.39, 0.29) is 0 Å². The smallest absolute Gasteiger partial charge is 0.191 e. The van der Waals surface area contributed by atoms with Gasteiger partial charge in [0.1, 0.15) is 5.01 Å². The molecule has 0 unspecified atom stereocenters. The van der Waals surface area contributed by atoms with Crippen LogP contribution in [0, 0.1) is 0 Å². The van der Waals surface area contributed by atoms with Crippen molar-refractivity contribution in [2.75, 3.05) is 6.54 Å². The molecule has 0 fully saturated rings. The van der Waals surface area contributed by atoms with Gasteiger partial charge in [-0.3, -0.25) is 0 Å². The third kappa shape index (κ3) is 6.97. The fourth-order valence-electron chi connectivity index (χ4n) is 2.96. The summed E-state index contributed by atoms with van der Waals surface area (Å²) in [5, 5.41) is 7.77. The van der Waals surface area contributed by atoms with Gasteiger partial charge in [-0.2, -0.15) is 0 Å². The topological polar surface area (TPSA) is 58.5 Å². The predicted molar refractivity (Wildman–Crippen MR) is 125 cm³/mol. The molecule has 158 valence electrons. The number of nitrogens with zero attached hydrogens (tertiary/aromatic N) is 2. The van der Waals surface area contributed by atoms with E-state index in [0.717, 1.165) is 23.9 Å². The lowest BCUT2D eigenvalue weighted by atomic mass is 10.1. The first kappa shape index (κ1) is 22.0. The highest BCUT2D eigenvalue weighted by Crippen LogP contribution is 2.14. The number of hydrogen-bond donors (Lipinski definition) is 2. The molecule has 3 aromatic rings. The van der Waals surface area contributed by atoms with Crippen molar-refractivity contribution in [1.82, 2.24) is 15.6 Å². The fraction of sp³-hybridized carbons (Fsp3) is 0.333. The maximum atomic E-state index is 5.93. The summed E-state index contributed by atoms with van der Waals surface area (Å²) in [4.78, 5) is 10.5. The van der Waals surface area contributed by atoms with Crippen LogP contribution in [0.1, 0.15) is 40.4 Å². The number of ether oxygens (including phenoxy) is 1. The minimum Gasteiger partial charge on any atom is -0.372 e. The normalized spacial score (nSPS) is 11.5. The van der Waals surface area contributed by atoms with Gasteiger partial charge >= 0.3 is 0 Å². The van der Waals surface area contributed by atoms with Crippen molar-refractivity contribution >= 4 is 17.3 Å². The van der Waals surface area contributed by atoms with Gasteiger partial charge in [0, 0.05) is 17.6 Å². The second-order valence-electron chi connectivity index (χ2n) is 6.87. The quantitative estimate of drug-likeness (QED) is 0.368. The predicted octanol–water partition coefficient (Wildman–Crippen LogP) is 4.68. The Bertz CT molecular complexity index is 924. The average Bonchev–Trinajstić information content (AvgIpc) is 3.25. The Balaban J connectivity index is 1.57. The molecule has 0 aliphatic rings. The number of benzene rings is 2. The third-order valence-corrected chi connectivity index (χ3v) is 5.74. The summed E-state index contributed by atoms with van der Waals surface area (Å²) in [5.41, 5.74) is 3.52. The van der Waals surface area contributed by atoms with Crippen molar-refractivity contribution in [2.24, 2.45) is 4.99 Å². The Morgan fingerprint density at radius 1 is 0.967 bits per heavy atom. The first-order chi connectivity index (χ1) is 14.8. The SMILES string of the molecule is CCNC(=NCc1ccccc1COCc1ccccc1)NCc1ncc(CC)s1. The molecule has 2 aromatic carbocycles. The molecular weight excluding hydrogens is 392 g/mol. The van der Waals surface area contributed by atoms with Crippen LogP contribution in [-0.4, -0.2) is 17.5 Å². The summed E-state index contributed by atoms with van der Waals surface area (Å²) in [5.74, 6) is 0.797. The summed E-state index contributed by atoms with van der Waals surface area (Å²) in [6.07, 6.45) is 2.98. The molecule has 0 atom stereocenters. The minimum atomic E-state index is 0.573. The van der Waals surface area contributed by atoms with Crippen molar-refractivity contribution in [3.63, 3.8) is 0 Å². The van der Waals surface area contributed by atoms with Gasteiger partial charge in [-0.1, -0.05) is 61.5 Å². The van der Waals surface area contributed by atoms with Crippen molar-refractivity contribution in [2.45, 2.75) is 46.6 Å². The molecule has 3 rings (SSSR count). The van der Waals surface area contributed by atoms with Crippen LogP contribution < -0.4 is 10.6 Å². The fourth-order valence-corrected chi connectivity index (χ4v) is 3.77. The second kappa shape index (κ2) is 12.1. The number of hydrogen-bond acceptors (Lipinski definition) is 4. The van der Waals surface area contributed by atoms with Crippen LogP contribution in [0.2, 0.25) is 0 Å². The van der Waals surface area contributed by atoms with Crippen LogP contribution in [0.25, 0.3) is 0 Å². The number of aryl methyl sites for hydroxylation is 1. The van der Waals surface area contributed by atoms with Gasteiger partial charge in [-0.25, -0.2) is 9.98 Å². The molecule has 1 heterocycles. The summed E-state index contributed by atoms with van der Waals surface area (Å²) < 4.78 is 5.93. The van der Waals surface area contributed by atoms with E-state index in [1.807, 2.05) is 36.5 Å². The zero-order chi connectivity index (χ0) is 21.0. The van der Waals surface area contributed by atoms with E-state index in [1.54, 1.807) is 11.3 Å². The highest BCUT2D eigenvalue weighted by Gasteiger charge is 2.05. The lowest BCUT2D eigenvalue weighted by Crippen LogP contribution is -2.36. The number of guanidine groups is 1. The Hall–Kier alpha value is -2.70. The molecule has 2 N–H and O–H groups in total. The van der Waals surface area contributed by atoms with Crippen LogP contribution in [-0.2, 0) is 37.5 Å². The molecule has 0 aliphatic heterocycles. The first-order valence-corrected chi connectivity index (χ1v) is 11.2. The van der Waals surface area contributed by atoms with Gasteiger partial charge in [0.2, 0.25) is 0 Å². The van der Waals surface area contributed by atoms with E-state index in [1.165, 1.54) is 21.6 Å². The number of thiazole rings is 1. The Labute approximate surface area is 183 Å². The molecule has 0 aliphatic carbocycles. The molecule has 0 spiro atoms. The molecular formula is C24H30N4OS. The van der Waals surface area contributed by atoms with Crippen LogP contribution >= 0.6 is 11.3 Å². The van der Waals surface area contributed by atoms with E-state index in [9.17, 15) is 0 Å². The van der Waals surface area contributed by atoms with Crippen LogP contribution in [0.4, 0.5) is 0 Å². The zero-order valence-corrected chi connectivity index (χ0v) is 18.5. The summed E-state index contributed by atoms with van der Waals surface area (Å²) in [7, 11) is 0. The molecule has 1 aromatic heterocycles. The van der Waals surface area contributed by atoms with Crippen LogP contribution in [0.3, 0.4) is 0 Å². The van der Waals surface area contributed by atoms with Crippen molar-refractivity contribution in [3.8, 4) is 0 Å². The highest BCUT2D eigenvalue weighted by molar-refractivity contribution is 7.11. The minimum absolute atomic E-state index is 0.573. The number of aromatic nitrogens is 1. The maximum absolute atomic E-state index is 5.93. The Morgan fingerprint density at radius 3 is 2.47 bits per heavy atom. The van der Waals surface area contributed by atoms with Crippen LogP contribution in [0.15, 0.2) is 65.8 Å². The molecule has 0 saturated heterocycles. The van der Waals surface area contributed by atoms with Crippen molar-refractivity contribution in [1.29, 1.82) is 0 Å². The van der Waals surface area contributed by atoms with E-state index >= 15 is 0 Å². The zero-order valence-electron chi connectivity index (χ0n) is 17.7. The molecule has 0 bridgehead atoms.